The third kappa shape index (κ3) is 3.02. The van der Waals surface area contributed by atoms with Gasteiger partial charge in [-0.25, -0.2) is 0 Å². The number of hydrogen-bond acceptors (Lipinski definition) is 1. The van der Waals surface area contributed by atoms with Crippen LogP contribution < -0.4 is 0 Å². The van der Waals surface area contributed by atoms with Gasteiger partial charge < -0.3 is 4.90 Å². The van der Waals surface area contributed by atoms with Crippen molar-refractivity contribution in [3.05, 3.63) is 0 Å². The van der Waals surface area contributed by atoms with Crippen molar-refractivity contribution in [3.63, 3.8) is 0 Å². The Bertz CT molecular complexity index is 183. The van der Waals surface area contributed by atoms with E-state index in [1.165, 1.54) is 12.8 Å². The van der Waals surface area contributed by atoms with Crippen LogP contribution in [0.1, 0.15) is 40.5 Å². The molecule has 0 aromatic heterocycles. The number of hydrogen-bond donors (Lipinski definition) is 0. The molecule has 1 saturated carbocycles. The van der Waals surface area contributed by atoms with Crippen LogP contribution in [0.3, 0.4) is 0 Å². The standard InChI is InChI=1S/C11H21NO/c1-8(2)11(13)12(9(3)4)7-10-5-6-10/h8-10H,5-7H2,1-4H3. The molecule has 0 aromatic carbocycles. The van der Waals surface area contributed by atoms with Gasteiger partial charge in [0, 0.05) is 18.5 Å². The second kappa shape index (κ2) is 4.12. The first kappa shape index (κ1) is 10.6. The van der Waals surface area contributed by atoms with Gasteiger partial charge in [0.05, 0.1) is 0 Å². The van der Waals surface area contributed by atoms with Crippen molar-refractivity contribution in [3.8, 4) is 0 Å². The van der Waals surface area contributed by atoms with E-state index >= 15 is 0 Å². The third-order valence-electron chi connectivity index (χ3n) is 2.55. The lowest BCUT2D eigenvalue weighted by Crippen LogP contribution is -2.40. The van der Waals surface area contributed by atoms with E-state index in [1.807, 2.05) is 18.7 Å². The van der Waals surface area contributed by atoms with E-state index in [2.05, 4.69) is 13.8 Å². The molecule has 1 amide bonds. The number of carbonyl (C=O) groups is 1. The van der Waals surface area contributed by atoms with E-state index in [0.717, 1.165) is 12.5 Å². The zero-order chi connectivity index (χ0) is 10.0. The van der Waals surface area contributed by atoms with Crippen LogP contribution in [-0.4, -0.2) is 23.4 Å². The van der Waals surface area contributed by atoms with Crippen LogP contribution in [0.25, 0.3) is 0 Å². The van der Waals surface area contributed by atoms with Crippen LogP contribution in [0.4, 0.5) is 0 Å². The van der Waals surface area contributed by atoms with Gasteiger partial charge in [0.1, 0.15) is 0 Å². The molecule has 0 bridgehead atoms. The average Bonchev–Trinajstić information content (AvgIpc) is 2.81. The van der Waals surface area contributed by atoms with E-state index < -0.39 is 0 Å². The van der Waals surface area contributed by atoms with Crippen molar-refractivity contribution in [1.82, 2.24) is 4.90 Å². The predicted octanol–water partition coefficient (Wildman–Crippen LogP) is 2.29. The van der Waals surface area contributed by atoms with Gasteiger partial charge in [-0.2, -0.15) is 0 Å². The predicted molar refractivity (Wildman–Crippen MR) is 54.4 cm³/mol. The van der Waals surface area contributed by atoms with Gasteiger partial charge >= 0.3 is 0 Å². The van der Waals surface area contributed by atoms with Crippen LogP contribution in [0.15, 0.2) is 0 Å². The van der Waals surface area contributed by atoms with Crippen molar-refractivity contribution in [2.24, 2.45) is 11.8 Å². The van der Waals surface area contributed by atoms with E-state index in [1.54, 1.807) is 0 Å². The van der Waals surface area contributed by atoms with Gasteiger partial charge in [-0.15, -0.1) is 0 Å². The first-order chi connectivity index (χ1) is 6.02. The maximum absolute atomic E-state index is 11.8. The van der Waals surface area contributed by atoms with E-state index in [-0.39, 0.29) is 5.92 Å². The molecule has 0 unspecified atom stereocenters. The minimum Gasteiger partial charge on any atom is -0.340 e. The van der Waals surface area contributed by atoms with Crippen molar-refractivity contribution in [1.29, 1.82) is 0 Å². The second-order valence-corrected chi connectivity index (χ2v) is 4.68. The molecule has 1 aliphatic carbocycles. The van der Waals surface area contributed by atoms with Crippen LogP contribution in [0, 0.1) is 11.8 Å². The normalized spacial score (nSPS) is 16.8. The monoisotopic (exact) mass is 183 g/mol. The minimum absolute atomic E-state index is 0.140. The fraction of sp³-hybridized carbons (Fsp3) is 0.909. The smallest absolute Gasteiger partial charge is 0.225 e. The van der Waals surface area contributed by atoms with Crippen LogP contribution in [0.2, 0.25) is 0 Å². The van der Waals surface area contributed by atoms with Gasteiger partial charge in [0.25, 0.3) is 0 Å². The zero-order valence-electron chi connectivity index (χ0n) is 9.21. The summed E-state index contributed by atoms with van der Waals surface area (Å²) in [5, 5.41) is 0. The summed E-state index contributed by atoms with van der Waals surface area (Å²) in [6.45, 7) is 9.13. The second-order valence-electron chi connectivity index (χ2n) is 4.68. The van der Waals surface area contributed by atoms with E-state index in [0.29, 0.717) is 11.9 Å². The Morgan fingerprint density at radius 3 is 2.15 bits per heavy atom. The largest absolute Gasteiger partial charge is 0.340 e. The Balaban J connectivity index is 2.49. The summed E-state index contributed by atoms with van der Waals surface area (Å²) in [6, 6.07) is 0.357. The van der Waals surface area contributed by atoms with E-state index in [4.69, 9.17) is 0 Å². The molecule has 13 heavy (non-hydrogen) atoms. The molecule has 1 aliphatic rings. The minimum atomic E-state index is 0.140. The summed E-state index contributed by atoms with van der Waals surface area (Å²) in [4.78, 5) is 13.8. The van der Waals surface area contributed by atoms with Gasteiger partial charge in [0.2, 0.25) is 5.91 Å². The highest BCUT2D eigenvalue weighted by molar-refractivity contribution is 5.78. The molecule has 0 radical (unpaired) electrons. The molecular weight excluding hydrogens is 162 g/mol. The van der Waals surface area contributed by atoms with Gasteiger partial charge in [-0.05, 0) is 32.6 Å². The average molecular weight is 183 g/mol. The summed E-state index contributed by atoms with van der Waals surface area (Å²) in [7, 11) is 0. The lowest BCUT2D eigenvalue weighted by molar-refractivity contribution is -0.136. The molecule has 0 heterocycles. The molecule has 0 aromatic rings. The van der Waals surface area contributed by atoms with Gasteiger partial charge in [0.15, 0.2) is 0 Å². The van der Waals surface area contributed by atoms with Crippen molar-refractivity contribution in [2.45, 2.75) is 46.6 Å². The molecule has 0 spiro atoms. The summed E-state index contributed by atoms with van der Waals surface area (Å²) >= 11 is 0. The summed E-state index contributed by atoms with van der Waals surface area (Å²) in [5.41, 5.74) is 0. The van der Waals surface area contributed by atoms with Crippen LogP contribution in [0.5, 0.6) is 0 Å². The molecule has 76 valence electrons. The van der Waals surface area contributed by atoms with Crippen molar-refractivity contribution in [2.75, 3.05) is 6.54 Å². The number of nitrogens with zero attached hydrogens (tertiary/aromatic N) is 1. The lowest BCUT2D eigenvalue weighted by Gasteiger charge is -2.28. The topological polar surface area (TPSA) is 20.3 Å². The Kier molecular flexibility index (Phi) is 3.34. The van der Waals surface area contributed by atoms with Crippen molar-refractivity contribution >= 4 is 5.91 Å². The summed E-state index contributed by atoms with van der Waals surface area (Å²) in [5.74, 6) is 1.24. The molecular formula is C11H21NO. The van der Waals surface area contributed by atoms with Gasteiger partial charge in [-0.3, -0.25) is 4.79 Å². The highest BCUT2D eigenvalue weighted by Gasteiger charge is 2.28. The van der Waals surface area contributed by atoms with E-state index in [9.17, 15) is 4.79 Å². The molecule has 1 rings (SSSR count). The molecule has 2 heteroatoms. The Labute approximate surface area is 81.3 Å². The van der Waals surface area contributed by atoms with Crippen LogP contribution in [-0.2, 0) is 4.79 Å². The first-order valence-electron chi connectivity index (χ1n) is 5.32. The Morgan fingerprint density at radius 2 is 1.85 bits per heavy atom. The summed E-state index contributed by atoms with van der Waals surface area (Å²) in [6.07, 6.45) is 2.63. The van der Waals surface area contributed by atoms with Crippen LogP contribution >= 0.6 is 0 Å². The number of carbonyl (C=O) groups excluding carboxylic acids is 1. The highest BCUT2D eigenvalue weighted by Crippen LogP contribution is 2.30. The number of rotatable bonds is 4. The molecule has 0 atom stereocenters. The molecule has 0 aliphatic heterocycles. The fourth-order valence-corrected chi connectivity index (χ4v) is 1.47. The van der Waals surface area contributed by atoms with Crippen molar-refractivity contribution < 1.29 is 4.79 Å². The molecule has 1 fully saturated rings. The molecule has 2 nitrogen and oxygen atoms in total. The fourth-order valence-electron chi connectivity index (χ4n) is 1.47. The lowest BCUT2D eigenvalue weighted by atomic mass is 10.1. The molecule has 0 saturated heterocycles. The Hall–Kier alpha value is -0.530. The molecule has 0 N–H and O–H groups in total. The number of amides is 1. The maximum atomic E-state index is 11.8. The Morgan fingerprint density at radius 1 is 1.31 bits per heavy atom. The quantitative estimate of drug-likeness (QED) is 0.655. The third-order valence-corrected chi connectivity index (χ3v) is 2.55. The zero-order valence-corrected chi connectivity index (χ0v) is 9.21. The summed E-state index contributed by atoms with van der Waals surface area (Å²) < 4.78 is 0. The first-order valence-corrected chi connectivity index (χ1v) is 5.32. The maximum Gasteiger partial charge on any atom is 0.225 e. The highest BCUT2D eigenvalue weighted by atomic mass is 16.2. The van der Waals surface area contributed by atoms with Gasteiger partial charge in [-0.1, -0.05) is 13.8 Å². The SMILES string of the molecule is CC(C)C(=O)N(CC1CC1)C(C)C.